The van der Waals surface area contributed by atoms with Crippen LogP contribution >= 0.6 is 0 Å². The first-order chi connectivity index (χ1) is 14.7. The van der Waals surface area contributed by atoms with Crippen molar-refractivity contribution in [3.8, 4) is 11.4 Å². The lowest BCUT2D eigenvalue weighted by atomic mass is 10.1. The van der Waals surface area contributed by atoms with Gasteiger partial charge in [-0.15, -0.1) is 0 Å². The molecule has 2 heterocycles. The highest BCUT2D eigenvalue weighted by Gasteiger charge is 2.14. The maximum Gasteiger partial charge on any atom is 0.338 e. The number of ether oxygens (including phenoxy) is 1. The zero-order chi connectivity index (χ0) is 20.7. The second kappa shape index (κ2) is 7.31. The fourth-order valence-electron chi connectivity index (χ4n) is 4.03. The van der Waals surface area contributed by atoms with Crippen molar-refractivity contribution in [3.63, 3.8) is 0 Å². The molecule has 2 aromatic heterocycles. The molecule has 0 bridgehead atoms. The van der Waals surface area contributed by atoms with Crippen molar-refractivity contribution in [1.29, 1.82) is 0 Å². The Morgan fingerprint density at radius 3 is 2.73 bits per heavy atom. The molecule has 0 saturated carbocycles. The van der Waals surface area contributed by atoms with Crippen LogP contribution in [0.25, 0.3) is 44.2 Å². The Kier molecular flexibility index (Phi) is 4.48. The third-order valence-electron chi connectivity index (χ3n) is 5.41. The molecule has 0 aliphatic heterocycles. The molecule has 0 radical (unpaired) electrons. The van der Waals surface area contributed by atoms with Gasteiger partial charge >= 0.3 is 5.97 Å². The number of fused-ring (bicyclic) bond motifs is 4. The lowest BCUT2D eigenvalue weighted by molar-refractivity contribution is 0.0434. The molecule has 0 spiro atoms. The Bertz CT molecular complexity index is 1400. The van der Waals surface area contributed by atoms with Crippen molar-refractivity contribution < 1.29 is 14.6 Å². The van der Waals surface area contributed by atoms with E-state index >= 15 is 0 Å². The van der Waals surface area contributed by atoms with Gasteiger partial charge in [-0.25, -0.2) is 9.78 Å². The molecule has 0 amide bonds. The molecule has 0 unspecified atom stereocenters. The Balaban J connectivity index is 1.59. The van der Waals surface area contributed by atoms with E-state index in [2.05, 4.69) is 58.9 Å². The summed E-state index contributed by atoms with van der Waals surface area (Å²) in [5.74, 6) is 0.283. The number of aromatic amines is 1. The van der Waals surface area contributed by atoms with Crippen molar-refractivity contribution in [2.24, 2.45) is 0 Å². The molecule has 150 valence electrons. The average molecular weight is 399 g/mol. The molecule has 6 nitrogen and oxygen atoms in total. The van der Waals surface area contributed by atoms with E-state index < -0.39 is 5.97 Å². The average Bonchev–Trinajstić information content (AvgIpc) is 3.35. The number of imidazole rings is 1. The third-order valence-corrected chi connectivity index (χ3v) is 5.41. The molecule has 2 N–H and O–H groups in total. The van der Waals surface area contributed by atoms with E-state index in [-0.39, 0.29) is 13.2 Å². The molecule has 6 heteroatoms. The van der Waals surface area contributed by atoms with Crippen molar-refractivity contribution in [3.05, 3.63) is 66.2 Å². The zero-order valence-corrected chi connectivity index (χ0v) is 16.6. The van der Waals surface area contributed by atoms with Gasteiger partial charge in [-0.05, 0) is 49.4 Å². The molecule has 3 aromatic carbocycles. The van der Waals surface area contributed by atoms with Crippen LogP contribution in [0, 0.1) is 0 Å². The predicted molar refractivity (Wildman–Crippen MR) is 118 cm³/mol. The minimum atomic E-state index is -0.468. The van der Waals surface area contributed by atoms with Crippen LogP contribution in [-0.2, 0) is 11.3 Å². The normalized spacial score (nSPS) is 11.5. The number of aryl methyl sites for hydroxylation is 1. The number of aromatic nitrogens is 3. The first-order valence-corrected chi connectivity index (χ1v) is 9.98. The summed E-state index contributed by atoms with van der Waals surface area (Å²) in [6.07, 6.45) is 0. The largest absolute Gasteiger partial charge is 0.460 e. The molecule has 0 atom stereocenters. The number of esters is 1. The Labute approximate surface area is 172 Å². The van der Waals surface area contributed by atoms with Gasteiger partial charge in [0, 0.05) is 33.9 Å². The number of carbonyl (C=O) groups is 1. The molecular weight excluding hydrogens is 378 g/mol. The van der Waals surface area contributed by atoms with Crippen LogP contribution in [0.3, 0.4) is 0 Å². The van der Waals surface area contributed by atoms with Crippen molar-refractivity contribution in [2.75, 3.05) is 13.2 Å². The Hall–Kier alpha value is -3.64. The highest BCUT2D eigenvalue weighted by molar-refractivity contribution is 6.09. The topological polar surface area (TPSA) is 80.1 Å². The Morgan fingerprint density at radius 1 is 1.07 bits per heavy atom. The fraction of sp³-hybridized carbons (Fsp3) is 0.167. The quantitative estimate of drug-likeness (QED) is 0.426. The van der Waals surface area contributed by atoms with Gasteiger partial charge in [-0.1, -0.05) is 18.2 Å². The zero-order valence-electron chi connectivity index (χ0n) is 16.6. The molecule has 30 heavy (non-hydrogen) atoms. The molecule has 0 aliphatic carbocycles. The molecular formula is C24H21N3O3. The lowest BCUT2D eigenvalue weighted by Gasteiger charge is -2.03. The molecule has 5 aromatic rings. The van der Waals surface area contributed by atoms with Gasteiger partial charge in [-0.2, -0.15) is 0 Å². The molecule has 0 saturated heterocycles. The summed E-state index contributed by atoms with van der Waals surface area (Å²) in [6.45, 7) is 2.84. The van der Waals surface area contributed by atoms with E-state index in [9.17, 15) is 4.79 Å². The van der Waals surface area contributed by atoms with E-state index in [4.69, 9.17) is 14.8 Å². The Morgan fingerprint density at radius 2 is 1.90 bits per heavy atom. The number of aliphatic hydroxyl groups is 1. The van der Waals surface area contributed by atoms with Crippen molar-refractivity contribution in [1.82, 2.24) is 14.5 Å². The monoisotopic (exact) mass is 399 g/mol. The number of H-pyrrole nitrogens is 1. The minimum Gasteiger partial charge on any atom is -0.460 e. The first-order valence-electron chi connectivity index (χ1n) is 9.98. The number of hydrogen-bond donors (Lipinski definition) is 2. The molecule has 5 rings (SSSR count). The maximum absolute atomic E-state index is 12.1. The van der Waals surface area contributed by atoms with Gasteiger partial charge in [-0.3, -0.25) is 0 Å². The maximum atomic E-state index is 12.1. The van der Waals surface area contributed by atoms with Gasteiger partial charge in [0.1, 0.15) is 12.4 Å². The summed E-state index contributed by atoms with van der Waals surface area (Å²) in [5.41, 5.74) is 5.37. The van der Waals surface area contributed by atoms with Crippen LogP contribution in [0.2, 0.25) is 0 Å². The second-order valence-corrected chi connectivity index (χ2v) is 7.17. The number of nitrogens with zero attached hydrogens (tertiary/aromatic N) is 2. The minimum absolute atomic E-state index is 0.0198. The van der Waals surface area contributed by atoms with Crippen molar-refractivity contribution >= 4 is 38.8 Å². The predicted octanol–water partition coefficient (Wildman–Crippen LogP) is 4.51. The standard InChI is InChI=1S/C24H21N3O3/c1-2-27-21-6-4-3-5-17(21)18-13-15(8-10-22(18)27)23-25-19-9-7-16(14-20(19)26-23)24(29)30-12-11-28/h3-10,13-14,28H,2,11-12H2,1H3,(H,25,26). The number of benzene rings is 3. The highest BCUT2D eigenvalue weighted by atomic mass is 16.5. The lowest BCUT2D eigenvalue weighted by Crippen LogP contribution is -2.08. The van der Waals surface area contributed by atoms with Gasteiger partial charge in [0.25, 0.3) is 0 Å². The number of hydrogen-bond acceptors (Lipinski definition) is 4. The van der Waals surface area contributed by atoms with Crippen LogP contribution in [0.15, 0.2) is 60.7 Å². The summed E-state index contributed by atoms with van der Waals surface area (Å²) >= 11 is 0. The number of para-hydroxylation sites is 1. The molecule has 0 fully saturated rings. The summed E-state index contributed by atoms with van der Waals surface area (Å²) < 4.78 is 7.31. The number of rotatable bonds is 5. The van der Waals surface area contributed by atoms with Gasteiger partial charge in [0.05, 0.1) is 23.2 Å². The highest BCUT2D eigenvalue weighted by Crippen LogP contribution is 2.32. The summed E-state index contributed by atoms with van der Waals surface area (Å²) in [6, 6.07) is 20.0. The van der Waals surface area contributed by atoms with Crippen LogP contribution in [-0.4, -0.2) is 38.8 Å². The molecule has 0 aliphatic rings. The van der Waals surface area contributed by atoms with Gasteiger partial charge in [0.15, 0.2) is 0 Å². The summed E-state index contributed by atoms with van der Waals surface area (Å²) in [7, 11) is 0. The van der Waals surface area contributed by atoms with Crippen LogP contribution in [0.5, 0.6) is 0 Å². The number of nitrogens with one attached hydrogen (secondary N) is 1. The SMILES string of the molecule is CCn1c2ccccc2c2cc(-c3nc4cc(C(=O)OCCO)ccc4[nH]3)ccc21. The van der Waals surface area contributed by atoms with E-state index in [1.54, 1.807) is 12.1 Å². The second-order valence-electron chi connectivity index (χ2n) is 7.17. The van der Waals surface area contributed by atoms with Gasteiger partial charge < -0.3 is 19.4 Å². The third kappa shape index (κ3) is 2.93. The number of aliphatic hydroxyl groups excluding tert-OH is 1. The smallest absolute Gasteiger partial charge is 0.338 e. The van der Waals surface area contributed by atoms with E-state index in [0.29, 0.717) is 11.1 Å². The fourth-order valence-corrected chi connectivity index (χ4v) is 4.03. The first kappa shape index (κ1) is 18.4. The van der Waals surface area contributed by atoms with E-state index in [0.717, 1.165) is 23.4 Å². The van der Waals surface area contributed by atoms with Crippen LogP contribution < -0.4 is 0 Å². The van der Waals surface area contributed by atoms with Gasteiger partial charge in [0.2, 0.25) is 0 Å². The summed E-state index contributed by atoms with van der Waals surface area (Å²) in [5, 5.41) is 11.2. The van der Waals surface area contributed by atoms with Crippen molar-refractivity contribution in [2.45, 2.75) is 13.5 Å². The number of carbonyl (C=O) groups excluding carboxylic acids is 1. The van der Waals surface area contributed by atoms with Crippen LogP contribution in [0.1, 0.15) is 17.3 Å². The van der Waals surface area contributed by atoms with Crippen LogP contribution in [0.4, 0.5) is 0 Å². The van der Waals surface area contributed by atoms with E-state index in [1.807, 2.05) is 6.07 Å². The summed E-state index contributed by atoms with van der Waals surface area (Å²) in [4.78, 5) is 20.1. The van der Waals surface area contributed by atoms with E-state index in [1.165, 1.54) is 21.8 Å².